The lowest BCUT2D eigenvalue weighted by Crippen LogP contribution is -2.46. The molecule has 6 nitrogen and oxygen atoms in total. The molecule has 1 N–H and O–H groups in total. The first-order chi connectivity index (χ1) is 14.6. The van der Waals surface area contributed by atoms with Crippen LogP contribution in [0.25, 0.3) is 11.0 Å². The monoisotopic (exact) mass is 404 g/mol. The molecule has 0 unspecified atom stereocenters. The molecule has 0 spiro atoms. The molecule has 1 aliphatic heterocycles. The van der Waals surface area contributed by atoms with E-state index in [1.807, 2.05) is 71.0 Å². The third-order valence-corrected chi connectivity index (χ3v) is 5.77. The van der Waals surface area contributed by atoms with E-state index < -0.39 is 6.04 Å². The molecule has 2 amide bonds. The topological polar surface area (TPSA) is 67.2 Å². The minimum atomic E-state index is -0.589. The van der Waals surface area contributed by atoms with Gasteiger partial charge in [0.15, 0.2) is 0 Å². The Labute approximate surface area is 176 Å². The molecule has 2 aromatic carbocycles. The Morgan fingerprint density at radius 3 is 2.60 bits per heavy atom. The molecule has 0 saturated heterocycles. The van der Waals surface area contributed by atoms with Crippen molar-refractivity contribution in [2.45, 2.75) is 51.7 Å². The zero-order chi connectivity index (χ0) is 21.1. The first-order valence-electron chi connectivity index (χ1n) is 10.7. The van der Waals surface area contributed by atoms with E-state index in [0.717, 1.165) is 35.3 Å². The van der Waals surface area contributed by atoms with Gasteiger partial charge in [-0.1, -0.05) is 55.8 Å². The lowest BCUT2D eigenvalue weighted by Gasteiger charge is -2.38. The minimum absolute atomic E-state index is 0.0346. The summed E-state index contributed by atoms with van der Waals surface area (Å²) in [5.74, 6) is 0.700. The number of para-hydroxylation sites is 2. The molecular formula is C24H28N4O2. The van der Waals surface area contributed by atoms with Crippen molar-refractivity contribution in [1.82, 2.24) is 19.8 Å². The van der Waals surface area contributed by atoms with Crippen molar-refractivity contribution in [2.75, 3.05) is 6.54 Å². The number of amides is 2. The van der Waals surface area contributed by atoms with Gasteiger partial charge in [0.2, 0.25) is 11.8 Å². The van der Waals surface area contributed by atoms with Gasteiger partial charge in [0.05, 0.1) is 23.5 Å². The number of carbonyl (C=O) groups excluding carboxylic acids is 2. The third kappa shape index (κ3) is 3.82. The number of rotatable bonds is 7. The number of nitrogens with zero attached hydrogens (tertiary/aromatic N) is 3. The maximum Gasteiger partial charge on any atom is 0.247 e. The normalized spacial score (nSPS) is 18.5. The van der Waals surface area contributed by atoms with Gasteiger partial charge in [0, 0.05) is 13.1 Å². The van der Waals surface area contributed by atoms with Crippen molar-refractivity contribution in [1.29, 1.82) is 0 Å². The summed E-state index contributed by atoms with van der Waals surface area (Å²) >= 11 is 0. The van der Waals surface area contributed by atoms with E-state index in [0.29, 0.717) is 13.1 Å². The molecule has 0 radical (unpaired) electrons. The average Bonchev–Trinajstić information content (AvgIpc) is 3.15. The summed E-state index contributed by atoms with van der Waals surface area (Å²) < 4.78 is 1.98. The van der Waals surface area contributed by atoms with Gasteiger partial charge < -0.3 is 14.8 Å². The zero-order valence-electron chi connectivity index (χ0n) is 17.5. The lowest BCUT2D eigenvalue weighted by atomic mass is 10.0. The van der Waals surface area contributed by atoms with Crippen LogP contribution >= 0.6 is 0 Å². The number of hydrogen-bond donors (Lipinski definition) is 1. The number of hydrogen-bond acceptors (Lipinski definition) is 3. The molecular weight excluding hydrogens is 376 g/mol. The molecule has 0 fully saturated rings. The molecule has 4 rings (SSSR count). The molecule has 30 heavy (non-hydrogen) atoms. The maximum atomic E-state index is 13.6. The number of nitrogens with one attached hydrogen (secondary N) is 1. The number of unbranched alkanes of at least 4 members (excludes halogenated alkanes) is 1. The second kappa shape index (κ2) is 8.69. The highest BCUT2D eigenvalue weighted by Gasteiger charge is 2.40. The minimum Gasteiger partial charge on any atom is -0.356 e. The molecule has 0 aliphatic carbocycles. The molecule has 6 heteroatoms. The summed E-state index contributed by atoms with van der Waals surface area (Å²) in [5, 5.41) is 2.95. The number of imidazole rings is 1. The van der Waals surface area contributed by atoms with E-state index >= 15 is 0 Å². The fourth-order valence-electron chi connectivity index (χ4n) is 4.14. The molecule has 156 valence electrons. The molecule has 1 aromatic heterocycles. The maximum absolute atomic E-state index is 13.6. The van der Waals surface area contributed by atoms with Crippen LogP contribution < -0.4 is 5.32 Å². The van der Waals surface area contributed by atoms with Gasteiger partial charge in [-0.15, -0.1) is 0 Å². The number of benzene rings is 2. The van der Waals surface area contributed by atoms with Crippen molar-refractivity contribution in [3.8, 4) is 0 Å². The van der Waals surface area contributed by atoms with Crippen LogP contribution in [-0.4, -0.2) is 32.8 Å². The Kier molecular flexibility index (Phi) is 5.84. The van der Waals surface area contributed by atoms with Crippen LogP contribution in [0.2, 0.25) is 0 Å². The van der Waals surface area contributed by atoms with Gasteiger partial charge in [-0.25, -0.2) is 4.98 Å². The second-order valence-electron chi connectivity index (χ2n) is 7.88. The first-order valence-corrected chi connectivity index (χ1v) is 10.7. The predicted octanol–water partition coefficient (Wildman–Crippen LogP) is 3.99. The van der Waals surface area contributed by atoms with Gasteiger partial charge >= 0.3 is 0 Å². The van der Waals surface area contributed by atoms with E-state index in [4.69, 9.17) is 4.98 Å². The van der Waals surface area contributed by atoms with Crippen LogP contribution in [0.3, 0.4) is 0 Å². The van der Waals surface area contributed by atoms with Gasteiger partial charge in [0.25, 0.3) is 0 Å². The van der Waals surface area contributed by atoms with Crippen LogP contribution in [0.15, 0.2) is 54.6 Å². The molecule has 0 saturated carbocycles. The van der Waals surface area contributed by atoms with Gasteiger partial charge in [-0.3, -0.25) is 9.59 Å². The van der Waals surface area contributed by atoms with Crippen molar-refractivity contribution in [2.24, 2.45) is 0 Å². The van der Waals surface area contributed by atoms with Gasteiger partial charge in [-0.2, -0.15) is 0 Å². The van der Waals surface area contributed by atoms with Crippen LogP contribution in [-0.2, 0) is 16.1 Å². The molecule has 2 atom stereocenters. The van der Waals surface area contributed by atoms with Crippen LogP contribution in [0.5, 0.6) is 0 Å². The Bertz CT molecular complexity index is 1040. The molecule has 3 aromatic rings. The van der Waals surface area contributed by atoms with Crippen LogP contribution in [0.1, 0.15) is 56.6 Å². The van der Waals surface area contributed by atoms with Crippen molar-refractivity contribution < 1.29 is 9.59 Å². The van der Waals surface area contributed by atoms with Gasteiger partial charge in [0.1, 0.15) is 11.9 Å². The standard InChI is InChI=1S/C24H28N4O2/c1-3-4-14-25-22(29)15-21-24(30)27(16-18-10-6-5-7-11-18)17(2)23-26-19-12-8-9-13-20(19)28(21)23/h5-13,17,21H,3-4,14-16H2,1-2H3,(H,25,29)/t17-,21+/m1/s1. The highest BCUT2D eigenvalue weighted by atomic mass is 16.2. The third-order valence-electron chi connectivity index (χ3n) is 5.77. The smallest absolute Gasteiger partial charge is 0.247 e. The quantitative estimate of drug-likeness (QED) is 0.606. The fourth-order valence-corrected chi connectivity index (χ4v) is 4.14. The van der Waals surface area contributed by atoms with E-state index in [1.54, 1.807) is 0 Å². The Morgan fingerprint density at radius 1 is 1.10 bits per heavy atom. The second-order valence-corrected chi connectivity index (χ2v) is 7.88. The number of aromatic nitrogens is 2. The summed E-state index contributed by atoms with van der Waals surface area (Å²) in [6, 6.07) is 17.0. The largest absolute Gasteiger partial charge is 0.356 e. The van der Waals surface area contributed by atoms with Crippen LogP contribution in [0, 0.1) is 0 Å². The van der Waals surface area contributed by atoms with E-state index in [9.17, 15) is 9.59 Å². The van der Waals surface area contributed by atoms with Crippen molar-refractivity contribution in [3.63, 3.8) is 0 Å². The summed E-state index contributed by atoms with van der Waals surface area (Å²) in [5.41, 5.74) is 2.82. The Hall–Kier alpha value is -3.15. The van der Waals surface area contributed by atoms with Crippen molar-refractivity contribution >= 4 is 22.8 Å². The summed E-state index contributed by atoms with van der Waals surface area (Å²) in [6.45, 7) is 5.23. The van der Waals surface area contributed by atoms with E-state index in [-0.39, 0.29) is 24.3 Å². The number of carbonyl (C=O) groups is 2. The molecule has 1 aliphatic rings. The summed E-state index contributed by atoms with van der Waals surface area (Å²) in [6.07, 6.45) is 2.07. The average molecular weight is 405 g/mol. The van der Waals surface area contributed by atoms with Crippen molar-refractivity contribution in [3.05, 3.63) is 66.0 Å². The van der Waals surface area contributed by atoms with E-state index in [1.165, 1.54) is 0 Å². The SMILES string of the molecule is CCCCNC(=O)C[C@H]1C(=O)N(Cc2ccccc2)[C@H](C)c2nc3ccccc3n21. The highest BCUT2D eigenvalue weighted by molar-refractivity contribution is 5.90. The lowest BCUT2D eigenvalue weighted by molar-refractivity contribution is -0.142. The Morgan fingerprint density at radius 2 is 1.83 bits per heavy atom. The first kappa shape index (κ1) is 20.1. The number of fused-ring (bicyclic) bond motifs is 3. The van der Waals surface area contributed by atoms with E-state index in [2.05, 4.69) is 12.2 Å². The summed E-state index contributed by atoms with van der Waals surface area (Å²) in [4.78, 5) is 32.9. The van der Waals surface area contributed by atoms with Crippen LogP contribution in [0.4, 0.5) is 0 Å². The Balaban J connectivity index is 1.70. The molecule has 0 bridgehead atoms. The van der Waals surface area contributed by atoms with Gasteiger partial charge in [-0.05, 0) is 31.0 Å². The predicted molar refractivity (Wildman–Crippen MR) is 117 cm³/mol. The fraction of sp³-hybridized carbons (Fsp3) is 0.375. The summed E-state index contributed by atoms with van der Waals surface area (Å²) in [7, 11) is 0. The zero-order valence-corrected chi connectivity index (χ0v) is 17.5. The molecule has 2 heterocycles. The highest BCUT2D eigenvalue weighted by Crippen LogP contribution is 2.37.